The molecule has 0 aliphatic heterocycles. The van der Waals surface area contributed by atoms with E-state index in [0.717, 1.165) is 6.92 Å². The van der Waals surface area contributed by atoms with Gasteiger partial charge in [0.05, 0.1) is 6.61 Å². The Morgan fingerprint density at radius 3 is 1.72 bits per heavy atom. The molecule has 140 valence electrons. The Morgan fingerprint density at radius 2 is 1.36 bits per heavy atom. The molecule has 0 spiro atoms. The molecule has 1 rings (SSSR count). The van der Waals surface area contributed by atoms with E-state index in [0.29, 0.717) is 5.32 Å². The van der Waals surface area contributed by atoms with E-state index in [9.17, 15) is 49.8 Å². The number of rotatable bonds is 4. The minimum atomic E-state index is -5.95. The molecule has 0 aliphatic rings. The first kappa shape index (κ1) is 20.6. The third-order valence-electron chi connectivity index (χ3n) is 2.71. The van der Waals surface area contributed by atoms with Gasteiger partial charge in [0.25, 0.3) is 5.91 Å². The van der Waals surface area contributed by atoms with E-state index in [1.807, 2.05) is 0 Å². The van der Waals surface area contributed by atoms with Crippen LogP contribution in [0.15, 0.2) is 0 Å². The molecular formula is C12H7F8NO4. The summed E-state index contributed by atoms with van der Waals surface area (Å²) in [6.45, 7) is 0.330. The van der Waals surface area contributed by atoms with Crippen LogP contribution in [-0.2, 0) is 9.53 Å². The molecule has 2 N–H and O–H groups in total. The lowest BCUT2D eigenvalue weighted by atomic mass is 10.1. The summed E-state index contributed by atoms with van der Waals surface area (Å²) < 4.78 is 108. The van der Waals surface area contributed by atoms with E-state index < -0.39 is 65.0 Å². The van der Waals surface area contributed by atoms with E-state index in [4.69, 9.17) is 0 Å². The second-order valence-corrected chi connectivity index (χ2v) is 4.33. The number of ether oxygens (including phenoxy) is 1. The summed E-state index contributed by atoms with van der Waals surface area (Å²) in [6, 6.07) is 0. The second kappa shape index (κ2) is 6.82. The number of carbonyl (C=O) groups is 2. The van der Waals surface area contributed by atoms with Crippen LogP contribution in [0, 0.1) is 29.1 Å². The van der Waals surface area contributed by atoms with Gasteiger partial charge >= 0.3 is 17.9 Å². The molecule has 1 atom stereocenters. The molecular weight excluding hydrogens is 374 g/mol. The SMILES string of the molecule is CCOC(=O)C(O)(NC(=O)c1c(F)c(F)c(F)c(F)c1F)C(F)(F)F. The van der Waals surface area contributed by atoms with Crippen LogP contribution >= 0.6 is 0 Å². The smallest absolute Gasteiger partial charge is 0.448 e. The maximum absolute atomic E-state index is 13.4. The van der Waals surface area contributed by atoms with Gasteiger partial charge in [-0.05, 0) is 6.92 Å². The van der Waals surface area contributed by atoms with Gasteiger partial charge in [-0.3, -0.25) is 4.79 Å². The van der Waals surface area contributed by atoms with Gasteiger partial charge in [-0.2, -0.15) is 13.2 Å². The van der Waals surface area contributed by atoms with Crippen LogP contribution in [0.5, 0.6) is 0 Å². The van der Waals surface area contributed by atoms with Crippen molar-refractivity contribution in [3.63, 3.8) is 0 Å². The number of hydrogen-bond acceptors (Lipinski definition) is 4. The van der Waals surface area contributed by atoms with Crippen LogP contribution in [0.4, 0.5) is 35.1 Å². The molecule has 0 aromatic heterocycles. The highest BCUT2D eigenvalue weighted by Crippen LogP contribution is 2.31. The topological polar surface area (TPSA) is 75.6 Å². The average Bonchev–Trinajstić information content (AvgIpc) is 2.50. The third kappa shape index (κ3) is 3.50. The van der Waals surface area contributed by atoms with Crippen LogP contribution in [0.1, 0.15) is 17.3 Å². The van der Waals surface area contributed by atoms with Crippen molar-refractivity contribution >= 4 is 11.9 Å². The Morgan fingerprint density at radius 1 is 0.960 bits per heavy atom. The second-order valence-electron chi connectivity index (χ2n) is 4.33. The first-order chi connectivity index (χ1) is 11.3. The summed E-state index contributed by atoms with van der Waals surface area (Å²) in [4.78, 5) is 22.8. The largest absolute Gasteiger partial charge is 0.462 e. The fraction of sp³-hybridized carbons (Fsp3) is 0.333. The monoisotopic (exact) mass is 381 g/mol. The summed E-state index contributed by atoms with van der Waals surface area (Å²) in [5.41, 5.74) is -7.12. The molecule has 0 aliphatic carbocycles. The molecule has 0 bridgehead atoms. The van der Waals surface area contributed by atoms with Crippen molar-refractivity contribution in [3.8, 4) is 0 Å². The van der Waals surface area contributed by atoms with E-state index in [-0.39, 0.29) is 0 Å². The van der Waals surface area contributed by atoms with Crippen molar-refractivity contribution in [2.24, 2.45) is 0 Å². The maximum atomic E-state index is 13.4. The number of esters is 1. The number of alkyl halides is 3. The molecule has 1 amide bonds. The summed E-state index contributed by atoms with van der Waals surface area (Å²) in [6.07, 6.45) is -5.95. The first-order valence-corrected chi connectivity index (χ1v) is 6.09. The molecule has 0 radical (unpaired) electrons. The Labute approximate surface area is 133 Å². The molecule has 5 nitrogen and oxygen atoms in total. The Kier molecular flexibility index (Phi) is 5.62. The molecule has 1 aromatic carbocycles. The lowest BCUT2D eigenvalue weighted by Gasteiger charge is -2.28. The molecule has 0 saturated heterocycles. The normalized spacial score (nSPS) is 14.0. The number of hydrogen-bond donors (Lipinski definition) is 2. The third-order valence-corrected chi connectivity index (χ3v) is 2.71. The minimum Gasteiger partial charge on any atom is -0.462 e. The van der Waals surface area contributed by atoms with E-state index in [2.05, 4.69) is 4.74 Å². The molecule has 1 aromatic rings. The van der Waals surface area contributed by atoms with Gasteiger partial charge in [-0.1, -0.05) is 0 Å². The van der Waals surface area contributed by atoms with Gasteiger partial charge in [0.1, 0.15) is 5.56 Å². The molecule has 0 heterocycles. The number of amides is 1. The number of aliphatic hydroxyl groups is 1. The van der Waals surface area contributed by atoms with Gasteiger partial charge < -0.3 is 15.2 Å². The Balaban J connectivity index is 3.44. The van der Waals surface area contributed by atoms with Crippen LogP contribution in [-0.4, -0.2) is 35.5 Å². The van der Waals surface area contributed by atoms with Crippen LogP contribution in [0.3, 0.4) is 0 Å². The zero-order chi connectivity index (χ0) is 19.7. The van der Waals surface area contributed by atoms with E-state index in [1.165, 1.54) is 0 Å². The average molecular weight is 381 g/mol. The lowest BCUT2D eigenvalue weighted by Crippen LogP contribution is -2.64. The highest BCUT2D eigenvalue weighted by Gasteiger charge is 2.62. The van der Waals surface area contributed by atoms with Gasteiger partial charge in [-0.15, -0.1) is 0 Å². The quantitative estimate of drug-likeness (QED) is 0.275. The number of carbonyl (C=O) groups excluding carboxylic acids is 2. The Hall–Kier alpha value is -2.44. The fourth-order valence-corrected chi connectivity index (χ4v) is 1.50. The minimum absolute atomic E-state index is 0.471. The fourth-order valence-electron chi connectivity index (χ4n) is 1.50. The van der Waals surface area contributed by atoms with Gasteiger partial charge in [0.2, 0.25) is 5.82 Å². The highest BCUT2D eigenvalue weighted by atomic mass is 19.4. The van der Waals surface area contributed by atoms with E-state index >= 15 is 0 Å². The summed E-state index contributed by atoms with van der Waals surface area (Å²) >= 11 is 0. The lowest BCUT2D eigenvalue weighted by molar-refractivity contribution is -0.269. The van der Waals surface area contributed by atoms with Crippen LogP contribution in [0.2, 0.25) is 0 Å². The van der Waals surface area contributed by atoms with Gasteiger partial charge in [0, 0.05) is 0 Å². The zero-order valence-electron chi connectivity index (χ0n) is 11.9. The molecule has 13 heteroatoms. The predicted molar refractivity (Wildman–Crippen MR) is 61.3 cm³/mol. The predicted octanol–water partition coefficient (Wildman–Crippen LogP) is 1.93. The molecule has 0 saturated carbocycles. The van der Waals surface area contributed by atoms with Crippen molar-refractivity contribution < 1.29 is 54.6 Å². The Bertz CT molecular complexity index is 691. The standard InChI is InChI=1S/C12H7F8NO4/c1-2-25-10(23)11(24,12(18,19)20)21-9(22)3-4(13)6(15)8(17)7(16)5(3)14/h24H,2H2,1H3,(H,21,22). The van der Waals surface area contributed by atoms with Crippen molar-refractivity contribution in [1.29, 1.82) is 0 Å². The molecule has 1 unspecified atom stereocenters. The zero-order valence-corrected chi connectivity index (χ0v) is 11.9. The molecule has 0 fully saturated rings. The summed E-state index contributed by atoms with van der Waals surface area (Å²) in [7, 11) is 0. The van der Waals surface area contributed by atoms with Crippen LogP contribution in [0.25, 0.3) is 0 Å². The van der Waals surface area contributed by atoms with Crippen molar-refractivity contribution in [1.82, 2.24) is 5.32 Å². The van der Waals surface area contributed by atoms with Gasteiger partial charge in [0.15, 0.2) is 23.3 Å². The summed E-state index contributed by atoms with van der Waals surface area (Å²) in [5.74, 6) is -18.5. The van der Waals surface area contributed by atoms with Gasteiger partial charge in [-0.25, -0.2) is 26.7 Å². The van der Waals surface area contributed by atoms with Crippen molar-refractivity contribution in [3.05, 3.63) is 34.6 Å². The highest BCUT2D eigenvalue weighted by molar-refractivity contribution is 5.98. The van der Waals surface area contributed by atoms with Crippen molar-refractivity contribution in [2.75, 3.05) is 6.61 Å². The molecule has 25 heavy (non-hydrogen) atoms. The van der Waals surface area contributed by atoms with Crippen molar-refractivity contribution in [2.45, 2.75) is 18.8 Å². The first-order valence-electron chi connectivity index (χ1n) is 6.09. The maximum Gasteiger partial charge on any atom is 0.448 e. The van der Waals surface area contributed by atoms with E-state index in [1.54, 1.807) is 0 Å². The number of nitrogens with one attached hydrogen (secondary N) is 1. The number of benzene rings is 1. The summed E-state index contributed by atoms with van der Waals surface area (Å²) in [5, 5.41) is 9.79. The number of halogens is 8. The van der Waals surface area contributed by atoms with Crippen LogP contribution < -0.4 is 5.32 Å².